The molecule has 0 aromatic rings. The SMILES string of the molecule is CC1N[C@@H](CF)[C@H]2C[C@@H]12. The standard InChI is InChI=1S/C7H12FN/c1-4-5-2-6(5)7(3-8)9-4/h4-7,9H,2-3H2,1H3/t4?,5-,6-,7-/m0/s1. The van der Waals surface area contributed by atoms with E-state index in [9.17, 15) is 4.39 Å². The Morgan fingerprint density at radius 1 is 1.56 bits per heavy atom. The molecule has 2 aliphatic rings. The van der Waals surface area contributed by atoms with Gasteiger partial charge in [0.1, 0.15) is 6.67 Å². The molecule has 0 aromatic heterocycles. The Bertz CT molecular complexity index is 126. The maximum Gasteiger partial charge on any atom is 0.105 e. The predicted molar refractivity (Wildman–Crippen MR) is 34.0 cm³/mol. The Morgan fingerprint density at radius 3 is 2.56 bits per heavy atom. The molecule has 1 heterocycles. The van der Waals surface area contributed by atoms with Crippen molar-refractivity contribution >= 4 is 0 Å². The molecule has 2 fully saturated rings. The van der Waals surface area contributed by atoms with E-state index in [1.54, 1.807) is 0 Å². The van der Waals surface area contributed by atoms with Gasteiger partial charge in [0, 0.05) is 12.1 Å². The van der Waals surface area contributed by atoms with Gasteiger partial charge in [0.25, 0.3) is 0 Å². The molecule has 1 aliphatic carbocycles. The molecular weight excluding hydrogens is 117 g/mol. The quantitative estimate of drug-likeness (QED) is 0.556. The van der Waals surface area contributed by atoms with Crippen molar-refractivity contribution in [3.63, 3.8) is 0 Å². The summed E-state index contributed by atoms with van der Waals surface area (Å²) in [6.07, 6.45) is 1.27. The zero-order valence-corrected chi connectivity index (χ0v) is 5.60. The van der Waals surface area contributed by atoms with Gasteiger partial charge in [0.15, 0.2) is 0 Å². The number of piperidine rings is 1. The molecule has 1 unspecified atom stereocenters. The second kappa shape index (κ2) is 1.69. The van der Waals surface area contributed by atoms with E-state index < -0.39 is 0 Å². The molecule has 1 nitrogen and oxygen atoms in total. The fourth-order valence-electron chi connectivity index (χ4n) is 2.02. The molecule has 1 N–H and O–H groups in total. The maximum atomic E-state index is 12.1. The van der Waals surface area contributed by atoms with Gasteiger partial charge in [-0.25, -0.2) is 4.39 Å². The van der Waals surface area contributed by atoms with E-state index in [4.69, 9.17) is 0 Å². The van der Waals surface area contributed by atoms with Crippen LogP contribution in [0.1, 0.15) is 13.3 Å². The molecule has 0 aromatic carbocycles. The third kappa shape index (κ3) is 0.692. The first-order valence-corrected chi connectivity index (χ1v) is 3.65. The highest BCUT2D eigenvalue weighted by Gasteiger charge is 2.51. The van der Waals surface area contributed by atoms with Crippen LogP contribution in [0.3, 0.4) is 0 Å². The lowest BCUT2D eigenvalue weighted by atomic mass is 10.2. The highest BCUT2D eigenvalue weighted by molar-refractivity contribution is 5.06. The van der Waals surface area contributed by atoms with Gasteiger partial charge in [-0.05, 0) is 25.2 Å². The molecule has 1 aliphatic heterocycles. The van der Waals surface area contributed by atoms with E-state index >= 15 is 0 Å². The van der Waals surface area contributed by atoms with E-state index in [2.05, 4.69) is 12.2 Å². The Hall–Kier alpha value is -0.110. The summed E-state index contributed by atoms with van der Waals surface area (Å²) >= 11 is 0. The van der Waals surface area contributed by atoms with Crippen molar-refractivity contribution in [2.45, 2.75) is 25.4 Å². The maximum absolute atomic E-state index is 12.1. The third-order valence-electron chi connectivity index (χ3n) is 2.69. The molecule has 52 valence electrons. The number of fused-ring (bicyclic) bond motifs is 1. The number of hydrogen-bond acceptors (Lipinski definition) is 1. The van der Waals surface area contributed by atoms with Gasteiger partial charge in [0.05, 0.1) is 0 Å². The molecule has 1 saturated carbocycles. The fourth-order valence-corrected chi connectivity index (χ4v) is 2.02. The first kappa shape index (κ1) is 5.66. The fraction of sp³-hybridized carbons (Fsp3) is 1.00. The van der Waals surface area contributed by atoms with Crippen molar-refractivity contribution in [3.8, 4) is 0 Å². The molecule has 0 spiro atoms. The normalized spacial score (nSPS) is 55.3. The van der Waals surface area contributed by atoms with Crippen LogP contribution >= 0.6 is 0 Å². The number of halogens is 1. The van der Waals surface area contributed by atoms with Crippen LogP contribution < -0.4 is 5.32 Å². The number of nitrogens with one attached hydrogen (secondary N) is 1. The minimum Gasteiger partial charge on any atom is -0.308 e. The van der Waals surface area contributed by atoms with Crippen LogP contribution in [-0.4, -0.2) is 18.8 Å². The Morgan fingerprint density at radius 2 is 2.33 bits per heavy atom. The van der Waals surface area contributed by atoms with Crippen molar-refractivity contribution in [1.29, 1.82) is 0 Å². The number of hydrogen-bond donors (Lipinski definition) is 1. The molecule has 2 rings (SSSR count). The third-order valence-corrected chi connectivity index (χ3v) is 2.69. The molecule has 2 heteroatoms. The van der Waals surface area contributed by atoms with Gasteiger partial charge >= 0.3 is 0 Å². The van der Waals surface area contributed by atoms with Crippen LogP contribution in [0, 0.1) is 11.8 Å². The average molecular weight is 129 g/mol. The Balaban J connectivity index is 2.00. The van der Waals surface area contributed by atoms with Gasteiger partial charge in [-0.1, -0.05) is 0 Å². The minimum atomic E-state index is -0.175. The second-order valence-corrected chi connectivity index (χ2v) is 3.28. The average Bonchev–Trinajstić information content (AvgIpc) is 2.56. The lowest BCUT2D eigenvalue weighted by Gasteiger charge is -2.11. The molecular formula is C7H12FN. The van der Waals surface area contributed by atoms with Gasteiger partial charge < -0.3 is 5.32 Å². The summed E-state index contributed by atoms with van der Waals surface area (Å²) in [6, 6.07) is 0.778. The lowest BCUT2D eigenvalue weighted by molar-refractivity contribution is 0.364. The molecule has 0 bridgehead atoms. The topological polar surface area (TPSA) is 12.0 Å². The highest BCUT2D eigenvalue weighted by atomic mass is 19.1. The number of alkyl halides is 1. The first-order chi connectivity index (χ1) is 4.33. The van der Waals surface area contributed by atoms with Crippen LogP contribution in [0.4, 0.5) is 4.39 Å². The van der Waals surface area contributed by atoms with Crippen LogP contribution in [0.15, 0.2) is 0 Å². The minimum absolute atomic E-state index is 0.175. The van der Waals surface area contributed by atoms with E-state index in [1.807, 2.05) is 0 Å². The first-order valence-electron chi connectivity index (χ1n) is 3.65. The Kier molecular flexibility index (Phi) is 1.06. The van der Waals surface area contributed by atoms with E-state index in [0.717, 1.165) is 5.92 Å². The van der Waals surface area contributed by atoms with Crippen molar-refractivity contribution in [2.75, 3.05) is 6.67 Å². The van der Waals surface area contributed by atoms with Gasteiger partial charge in [-0.15, -0.1) is 0 Å². The van der Waals surface area contributed by atoms with Crippen molar-refractivity contribution < 1.29 is 4.39 Å². The van der Waals surface area contributed by atoms with Gasteiger partial charge in [0.2, 0.25) is 0 Å². The van der Waals surface area contributed by atoms with Crippen LogP contribution in [0.25, 0.3) is 0 Å². The molecule has 4 atom stereocenters. The van der Waals surface area contributed by atoms with Crippen molar-refractivity contribution in [2.24, 2.45) is 11.8 Å². The summed E-state index contributed by atoms with van der Waals surface area (Å²) in [5.41, 5.74) is 0. The predicted octanol–water partition coefficient (Wildman–Crippen LogP) is 0.952. The molecule has 9 heavy (non-hydrogen) atoms. The monoisotopic (exact) mass is 129 g/mol. The van der Waals surface area contributed by atoms with E-state index in [-0.39, 0.29) is 12.7 Å². The summed E-state index contributed by atoms with van der Waals surface area (Å²) in [4.78, 5) is 0. The molecule has 0 amide bonds. The Labute approximate surface area is 54.6 Å². The van der Waals surface area contributed by atoms with Gasteiger partial charge in [-0.3, -0.25) is 0 Å². The second-order valence-electron chi connectivity index (χ2n) is 3.28. The summed E-state index contributed by atoms with van der Waals surface area (Å²) in [6.45, 7) is 1.98. The van der Waals surface area contributed by atoms with Crippen LogP contribution in [-0.2, 0) is 0 Å². The summed E-state index contributed by atoms with van der Waals surface area (Å²) in [7, 11) is 0. The zero-order chi connectivity index (χ0) is 6.43. The van der Waals surface area contributed by atoms with Crippen LogP contribution in [0.2, 0.25) is 0 Å². The lowest BCUT2D eigenvalue weighted by Crippen LogP contribution is -2.33. The van der Waals surface area contributed by atoms with Crippen molar-refractivity contribution in [1.82, 2.24) is 5.32 Å². The van der Waals surface area contributed by atoms with Gasteiger partial charge in [-0.2, -0.15) is 0 Å². The summed E-state index contributed by atoms with van der Waals surface area (Å²) in [5.74, 6) is 1.50. The largest absolute Gasteiger partial charge is 0.308 e. The van der Waals surface area contributed by atoms with Crippen LogP contribution in [0.5, 0.6) is 0 Å². The molecule has 1 saturated heterocycles. The summed E-state index contributed by atoms with van der Waals surface area (Å²) < 4.78 is 12.1. The van der Waals surface area contributed by atoms with E-state index in [1.165, 1.54) is 6.42 Å². The zero-order valence-electron chi connectivity index (χ0n) is 5.60. The molecule has 0 radical (unpaired) electrons. The summed E-state index contributed by atoms with van der Waals surface area (Å²) in [5, 5.41) is 3.23. The highest BCUT2D eigenvalue weighted by Crippen LogP contribution is 2.48. The number of rotatable bonds is 1. The smallest absolute Gasteiger partial charge is 0.105 e. The van der Waals surface area contributed by atoms with Crippen molar-refractivity contribution in [3.05, 3.63) is 0 Å². The van der Waals surface area contributed by atoms with E-state index in [0.29, 0.717) is 12.0 Å².